The number of benzene rings is 2. The van der Waals surface area contributed by atoms with E-state index in [9.17, 15) is 9.59 Å². The first-order valence-electron chi connectivity index (χ1n) is 10.9. The number of piperidine rings is 1. The summed E-state index contributed by atoms with van der Waals surface area (Å²) in [5, 5.41) is 1.05. The quantitative estimate of drug-likeness (QED) is 0.642. The van der Waals surface area contributed by atoms with Crippen LogP contribution < -0.4 is 5.73 Å². The summed E-state index contributed by atoms with van der Waals surface area (Å²) in [5.41, 5.74) is 10.3. The molecule has 3 aromatic rings. The van der Waals surface area contributed by atoms with Crippen molar-refractivity contribution in [1.29, 1.82) is 0 Å². The minimum absolute atomic E-state index is 0.230. The second-order valence-electron chi connectivity index (χ2n) is 8.63. The van der Waals surface area contributed by atoms with Gasteiger partial charge in [0.1, 0.15) is 0 Å². The van der Waals surface area contributed by atoms with E-state index in [1.165, 1.54) is 5.56 Å². The number of nitrogens with one attached hydrogen (secondary N) is 1. The van der Waals surface area contributed by atoms with E-state index < -0.39 is 5.91 Å². The zero-order chi connectivity index (χ0) is 22.0. The number of hydrogen-bond acceptors (Lipinski definition) is 3. The number of aromatic amines is 1. The van der Waals surface area contributed by atoms with Gasteiger partial charge in [-0.2, -0.15) is 0 Å². The third kappa shape index (κ3) is 4.49. The molecule has 0 aliphatic carbocycles. The van der Waals surface area contributed by atoms with Gasteiger partial charge in [0.15, 0.2) is 0 Å². The fourth-order valence-electron chi connectivity index (χ4n) is 4.50. The van der Waals surface area contributed by atoms with Crippen LogP contribution in [0.1, 0.15) is 41.1 Å². The van der Waals surface area contributed by atoms with Crippen molar-refractivity contribution in [1.82, 2.24) is 14.8 Å². The van der Waals surface area contributed by atoms with Crippen LogP contribution in [0.3, 0.4) is 0 Å². The lowest BCUT2D eigenvalue weighted by Crippen LogP contribution is -2.39. The zero-order valence-corrected chi connectivity index (χ0v) is 18.2. The van der Waals surface area contributed by atoms with Crippen LogP contribution in [0.15, 0.2) is 48.7 Å². The number of aromatic nitrogens is 1. The number of carbonyl (C=O) groups excluding carboxylic acids is 2. The van der Waals surface area contributed by atoms with E-state index in [1.807, 2.05) is 66.5 Å². The Morgan fingerprint density at radius 1 is 1.10 bits per heavy atom. The SMILES string of the molecule is CN(C)CCC(=O)N1CCC(c2c[nH]c3c(C(N)=O)cc(-c4ccccc4)cc23)CC1. The van der Waals surface area contributed by atoms with Crippen molar-refractivity contribution in [2.24, 2.45) is 5.73 Å². The first-order chi connectivity index (χ1) is 14.9. The van der Waals surface area contributed by atoms with Gasteiger partial charge in [-0.15, -0.1) is 0 Å². The first kappa shape index (κ1) is 21.1. The molecule has 1 saturated heterocycles. The summed E-state index contributed by atoms with van der Waals surface area (Å²) in [7, 11) is 3.97. The van der Waals surface area contributed by atoms with E-state index in [0.29, 0.717) is 17.9 Å². The largest absolute Gasteiger partial charge is 0.366 e. The lowest BCUT2D eigenvalue weighted by molar-refractivity contribution is -0.132. The molecule has 0 unspecified atom stereocenters. The Balaban J connectivity index is 1.60. The van der Waals surface area contributed by atoms with Gasteiger partial charge in [0.05, 0.1) is 11.1 Å². The highest BCUT2D eigenvalue weighted by Crippen LogP contribution is 2.36. The molecular weight excluding hydrogens is 388 g/mol. The lowest BCUT2D eigenvalue weighted by Gasteiger charge is -2.32. The molecule has 1 aromatic heterocycles. The third-order valence-corrected chi connectivity index (χ3v) is 6.25. The number of nitrogens with zero attached hydrogens (tertiary/aromatic N) is 2. The molecule has 0 bridgehead atoms. The van der Waals surface area contributed by atoms with Crippen molar-refractivity contribution in [3.8, 4) is 11.1 Å². The number of hydrogen-bond donors (Lipinski definition) is 2. The van der Waals surface area contributed by atoms with Crippen LogP contribution in [-0.2, 0) is 4.79 Å². The maximum Gasteiger partial charge on any atom is 0.250 e. The van der Waals surface area contributed by atoms with Gasteiger partial charge >= 0.3 is 0 Å². The molecule has 0 saturated carbocycles. The van der Waals surface area contributed by atoms with Crippen LogP contribution in [0.25, 0.3) is 22.0 Å². The Kier molecular flexibility index (Phi) is 6.09. The second-order valence-corrected chi connectivity index (χ2v) is 8.63. The van der Waals surface area contributed by atoms with Crippen LogP contribution in [-0.4, -0.2) is 60.3 Å². The molecule has 6 nitrogen and oxygen atoms in total. The van der Waals surface area contributed by atoms with Crippen LogP contribution in [0, 0.1) is 0 Å². The standard InChI is InChI=1S/C25H30N4O2/c1-28(2)11-10-23(30)29-12-8-18(9-13-29)22-16-27-24-20(22)14-19(15-21(24)25(26)31)17-6-4-3-5-7-17/h3-7,14-16,18,27H,8-13H2,1-2H3,(H2,26,31). The van der Waals surface area contributed by atoms with E-state index in [-0.39, 0.29) is 5.91 Å². The summed E-state index contributed by atoms with van der Waals surface area (Å²) in [6.07, 6.45) is 4.41. The summed E-state index contributed by atoms with van der Waals surface area (Å²) >= 11 is 0. The van der Waals surface area contributed by atoms with E-state index in [2.05, 4.69) is 11.1 Å². The summed E-state index contributed by atoms with van der Waals surface area (Å²) in [6.45, 7) is 2.31. The van der Waals surface area contributed by atoms with Crippen LogP contribution in [0.5, 0.6) is 0 Å². The fourth-order valence-corrected chi connectivity index (χ4v) is 4.50. The van der Waals surface area contributed by atoms with E-state index in [1.54, 1.807) is 0 Å². The monoisotopic (exact) mass is 418 g/mol. The number of nitrogens with two attached hydrogens (primary N) is 1. The van der Waals surface area contributed by atoms with Crippen molar-refractivity contribution >= 4 is 22.7 Å². The van der Waals surface area contributed by atoms with Gasteiger partial charge in [-0.3, -0.25) is 9.59 Å². The highest BCUT2D eigenvalue weighted by molar-refractivity contribution is 6.07. The molecule has 0 radical (unpaired) electrons. The topological polar surface area (TPSA) is 82.4 Å². The maximum absolute atomic E-state index is 12.5. The smallest absolute Gasteiger partial charge is 0.250 e. The Bertz CT molecular complexity index is 1080. The minimum Gasteiger partial charge on any atom is -0.366 e. The number of likely N-dealkylation sites (tertiary alicyclic amines) is 1. The molecule has 0 spiro atoms. The van der Waals surface area contributed by atoms with Crippen molar-refractivity contribution in [3.05, 3.63) is 59.8 Å². The fraction of sp³-hybridized carbons (Fsp3) is 0.360. The second kappa shape index (κ2) is 8.94. The van der Waals surface area contributed by atoms with Gasteiger partial charge in [-0.1, -0.05) is 30.3 Å². The molecule has 1 aliphatic rings. The molecule has 31 heavy (non-hydrogen) atoms. The highest BCUT2D eigenvalue weighted by atomic mass is 16.2. The van der Waals surface area contributed by atoms with Gasteiger partial charge in [-0.25, -0.2) is 0 Å². The Morgan fingerprint density at radius 3 is 2.45 bits per heavy atom. The predicted molar refractivity (Wildman–Crippen MR) is 124 cm³/mol. The summed E-state index contributed by atoms with van der Waals surface area (Å²) in [4.78, 5) is 32.0. The van der Waals surface area contributed by atoms with Gasteiger partial charge in [0.25, 0.3) is 5.91 Å². The maximum atomic E-state index is 12.5. The van der Waals surface area contributed by atoms with Crippen molar-refractivity contribution in [2.75, 3.05) is 33.7 Å². The molecule has 1 aliphatic heterocycles. The van der Waals surface area contributed by atoms with Crippen LogP contribution >= 0.6 is 0 Å². The molecule has 1 fully saturated rings. The van der Waals surface area contributed by atoms with E-state index in [4.69, 9.17) is 5.73 Å². The molecule has 4 rings (SSSR count). The van der Waals surface area contributed by atoms with E-state index >= 15 is 0 Å². The van der Waals surface area contributed by atoms with Gasteiger partial charge in [-0.05, 0) is 61.7 Å². The van der Waals surface area contributed by atoms with Gasteiger partial charge in [0, 0.05) is 37.6 Å². The number of carbonyl (C=O) groups is 2. The number of primary amides is 1. The van der Waals surface area contributed by atoms with E-state index in [0.717, 1.165) is 54.5 Å². The number of H-pyrrole nitrogens is 1. The van der Waals surface area contributed by atoms with Crippen molar-refractivity contribution < 1.29 is 9.59 Å². The van der Waals surface area contributed by atoms with Gasteiger partial charge < -0.3 is 20.5 Å². The van der Waals surface area contributed by atoms with Crippen molar-refractivity contribution in [2.45, 2.75) is 25.2 Å². The Morgan fingerprint density at radius 2 is 1.81 bits per heavy atom. The minimum atomic E-state index is -0.433. The average molecular weight is 419 g/mol. The molecule has 2 aromatic carbocycles. The summed E-state index contributed by atoms with van der Waals surface area (Å²) < 4.78 is 0. The lowest BCUT2D eigenvalue weighted by atomic mass is 9.87. The molecule has 3 N–H and O–H groups in total. The molecule has 2 amide bonds. The third-order valence-electron chi connectivity index (χ3n) is 6.25. The predicted octanol–water partition coefficient (Wildman–Crippen LogP) is 3.59. The van der Waals surface area contributed by atoms with Crippen LogP contribution in [0.2, 0.25) is 0 Å². The number of amides is 2. The van der Waals surface area contributed by atoms with Crippen molar-refractivity contribution in [3.63, 3.8) is 0 Å². The number of fused-ring (bicyclic) bond motifs is 1. The Hall–Kier alpha value is -3.12. The molecule has 2 heterocycles. The van der Waals surface area contributed by atoms with Gasteiger partial charge in [0.2, 0.25) is 5.91 Å². The normalized spacial score (nSPS) is 15.0. The zero-order valence-electron chi connectivity index (χ0n) is 18.2. The number of rotatable bonds is 6. The average Bonchev–Trinajstić information content (AvgIpc) is 3.21. The molecule has 162 valence electrons. The summed E-state index contributed by atoms with van der Waals surface area (Å²) in [5.74, 6) is 0.143. The first-order valence-corrected chi connectivity index (χ1v) is 10.9. The Labute approximate surface area is 183 Å². The molecule has 0 atom stereocenters. The molecule has 6 heteroatoms. The summed E-state index contributed by atoms with van der Waals surface area (Å²) in [6, 6.07) is 14.1. The van der Waals surface area contributed by atoms with Crippen LogP contribution in [0.4, 0.5) is 0 Å². The molecular formula is C25H30N4O2. The highest BCUT2D eigenvalue weighted by Gasteiger charge is 2.26.